The average molecular weight is 269 g/mol. The zero-order chi connectivity index (χ0) is 13.5. The molecule has 1 rings (SSSR count). The molecule has 1 heterocycles. The standard InChI is InChI=1S/C12H15NO4S/c1-3-8(2)17-12(16)10(11(14)15)6-13-9-4-5-18-7-9/h4-8,13H,3H2,1-2H3,(H,14,15). The number of rotatable bonds is 6. The second-order valence-electron chi connectivity index (χ2n) is 3.64. The Bertz CT molecular complexity index is 439. The molecule has 0 aromatic carbocycles. The molecule has 0 aliphatic rings. The van der Waals surface area contributed by atoms with Crippen LogP contribution in [0.25, 0.3) is 0 Å². The number of carboxylic acid groups (broad SMARTS) is 1. The minimum Gasteiger partial charge on any atom is -0.477 e. The summed E-state index contributed by atoms with van der Waals surface area (Å²) in [4.78, 5) is 22.6. The van der Waals surface area contributed by atoms with Crippen LogP contribution in [0.3, 0.4) is 0 Å². The predicted molar refractivity (Wildman–Crippen MR) is 69.5 cm³/mol. The molecule has 0 saturated carbocycles. The van der Waals surface area contributed by atoms with E-state index in [4.69, 9.17) is 9.84 Å². The van der Waals surface area contributed by atoms with Crippen LogP contribution in [-0.4, -0.2) is 23.1 Å². The van der Waals surface area contributed by atoms with Crippen LogP contribution in [-0.2, 0) is 14.3 Å². The maximum Gasteiger partial charge on any atom is 0.347 e. The van der Waals surface area contributed by atoms with Crippen LogP contribution in [0.5, 0.6) is 0 Å². The molecule has 0 saturated heterocycles. The van der Waals surface area contributed by atoms with Crippen LogP contribution in [0.2, 0.25) is 0 Å². The normalized spacial score (nSPS) is 12.9. The van der Waals surface area contributed by atoms with E-state index in [0.717, 1.165) is 11.9 Å². The lowest BCUT2D eigenvalue weighted by Gasteiger charge is -2.11. The Labute approximate surface area is 109 Å². The number of aliphatic carboxylic acids is 1. The smallest absolute Gasteiger partial charge is 0.347 e. The number of hydrogen-bond donors (Lipinski definition) is 2. The van der Waals surface area contributed by atoms with Crippen molar-refractivity contribution >= 4 is 29.0 Å². The lowest BCUT2D eigenvalue weighted by molar-refractivity contribution is -0.147. The van der Waals surface area contributed by atoms with Crippen molar-refractivity contribution in [1.82, 2.24) is 0 Å². The summed E-state index contributed by atoms with van der Waals surface area (Å²) in [5, 5.41) is 15.3. The zero-order valence-electron chi connectivity index (χ0n) is 10.2. The van der Waals surface area contributed by atoms with Gasteiger partial charge in [0.2, 0.25) is 0 Å². The van der Waals surface area contributed by atoms with Gasteiger partial charge < -0.3 is 15.2 Å². The SMILES string of the molecule is CCC(C)OC(=O)C(=CNc1ccsc1)C(=O)O. The lowest BCUT2D eigenvalue weighted by Crippen LogP contribution is -2.21. The van der Waals surface area contributed by atoms with Gasteiger partial charge in [-0.15, -0.1) is 0 Å². The second kappa shape index (κ2) is 6.80. The van der Waals surface area contributed by atoms with E-state index in [1.807, 2.05) is 12.3 Å². The molecule has 2 N–H and O–H groups in total. The Kier molecular flexibility index (Phi) is 5.38. The zero-order valence-corrected chi connectivity index (χ0v) is 11.0. The van der Waals surface area contributed by atoms with E-state index < -0.39 is 17.5 Å². The summed E-state index contributed by atoms with van der Waals surface area (Å²) in [5.41, 5.74) is 0.316. The van der Waals surface area contributed by atoms with E-state index in [9.17, 15) is 9.59 Å². The largest absolute Gasteiger partial charge is 0.477 e. The molecule has 1 unspecified atom stereocenters. The summed E-state index contributed by atoms with van der Waals surface area (Å²) in [7, 11) is 0. The monoisotopic (exact) mass is 269 g/mol. The van der Waals surface area contributed by atoms with Crippen LogP contribution in [0.4, 0.5) is 5.69 Å². The van der Waals surface area contributed by atoms with Crippen LogP contribution >= 0.6 is 11.3 Å². The molecular weight excluding hydrogens is 254 g/mol. The fraction of sp³-hybridized carbons (Fsp3) is 0.333. The van der Waals surface area contributed by atoms with E-state index in [1.165, 1.54) is 11.3 Å². The molecule has 18 heavy (non-hydrogen) atoms. The Hall–Kier alpha value is -1.82. The van der Waals surface area contributed by atoms with Gasteiger partial charge in [-0.1, -0.05) is 6.92 Å². The van der Waals surface area contributed by atoms with Crippen LogP contribution in [0.15, 0.2) is 28.6 Å². The van der Waals surface area contributed by atoms with E-state index in [0.29, 0.717) is 6.42 Å². The number of ether oxygens (including phenoxy) is 1. The summed E-state index contributed by atoms with van der Waals surface area (Å²) >= 11 is 1.47. The summed E-state index contributed by atoms with van der Waals surface area (Å²) in [6.07, 6.45) is 1.48. The summed E-state index contributed by atoms with van der Waals surface area (Å²) in [6, 6.07) is 1.78. The highest BCUT2D eigenvalue weighted by Gasteiger charge is 2.20. The topological polar surface area (TPSA) is 75.6 Å². The van der Waals surface area contributed by atoms with Crippen molar-refractivity contribution < 1.29 is 19.4 Å². The average Bonchev–Trinajstić information content (AvgIpc) is 2.81. The maximum absolute atomic E-state index is 11.6. The minimum atomic E-state index is -1.31. The molecule has 0 fully saturated rings. The highest BCUT2D eigenvalue weighted by atomic mass is 32.1. The third-order valence-corrected chi connectivity index (χ3v) is 2.92. The molecule has 1 aromatic rings. The molecule has 5 nitrogen and oxygen atoms in total. The third-order valence-electron chi connectivity index (χ3n) is 2.24. The molecule has 0 bridgehead atoms. The lowest BCUT2D eigenvalue weighted by atomic mass is 10.2. The first-order valence-corrected chi connectivity index (χ1v) is 6.42. The molecule has 6 heteroatoms. The summed E-state index contributed by atoms with van der Waals surface area (Å²) in [5.74, 6) is -2.15. The van der Waals surface area contributed by atoms with Crippen molar-refractivity contribution in [2.75, 3.05) is 5.32 Å². The molecule has 1 atom stereocenters. The van der Waals surface area contributed by atoms with Gasteiger partial charge >= 0.3 is 11.9 Å². The molecule has 0 amide bonds. The van der Waals surface area contributed by atoms with Crippen molar-refractivity contribution in [2.45, 2.75) is 26.4 Å². The highest BCUT2D eigenvalue weighted by molar-refractivity contribution is 7.08. The van der Waals surface area contributed by atoms with E-state index in [-0.39, 0.29) is 6.10 Å². The quantitative estimate of drug-likeness (QED) is 0.359. The maximum atomic E-state index is 11.6. The predicted octanol–water partition coefficient (Wildman–Crippen LogP) is 2.47. The fourth-order valence-corrected chi connectivity index (χ4v) is 1.64. The van der Waals surface area contributed by atoms with Crippen molar-refractivity contribution in [3.05, 3.63) is 28.6 Å². The fourth-order valence-electron chi connectivity index (χ4n) is 1.04. The van der Waals surface area contributed by atoms with Crippen molar-refractivity contribution in [3.8, 4) is 0 Å². The summed E-state index contributed by atoms with van der Waals surface area (Å²) in [6.45, 7) is 3.56. The molecule has 0 radical (unpaired) electrons. The number of carboxylic acids is 1. The van der Waals surface area contributed by atoms with Crippen molar-refractivity contribution in [1.29, 1.82) is 0 Å². The number of carbonyl (C=O) groups is 2. The van der Waals surface area contributed by atoms with Gasteiger partial charge in [0.05, 0.1) is 6.10 Å². The van der Waals surface area contributed by atoms with Crippen LogP contribution in [0.1, 0.15) is 20.3 Å². The second-order valence-corrected chi connectivity index (χ2v) is 4.42. The van der Waals surface area contributed by atoms with Gasteiger partial charge in [0.1, 0.15) is 0 Å². The van der Waals surface area contributed by atoms with Gasteiger partial charge in [-0.05, 0) is 24.8 Å². The first-order chi connectivity index (χ1) is 8.54. The molecule has 1 aromatic heterocycles. The number of thiophene rings is 1. The van der Waals surface area contributed by atoms with Crippen molar-refractivity contribution in [3.63, 3.8) is 0 Å². The Morgan fingerprint density at radius 1 is 1.61 bits per heavy atom. The van der Waals surface area contributed by atoms with Gasteiger partial charge in [-0.3, -0.25) is 0 Å². The van der Waals surface area contributed by atoms with Gasteiger partial charge in [0.15, 0.2) is 5.57 Å². The van der Waals surface area contributed by atoms with Crippen molar-refractivity contribution in [2.24, 2.45) is 0 Å². The first kappa shape index (κ1) is 14.2. The third kappa shape index (κ3) is 4.21. The van der Waals surface area contributed by atoms with Gasteiger partial charge in [-0.25, -0.2) is 9.59 Å². The Morgan fingerprint density at radius 3 is 2.83 bits per heavy atom. The minimum absolute atomic E-state index is 0.304. The van der Waals surface area contributed by atoms with Gasteiger partial charge in [-0.2, -0.15) is 11.3 Å². The number of carbonyl (C=O) groups excluding carboxylic acids is 1. The first-order valence-electron chi connectivity index (χ1n) is 5.47. The number of hydrogen-bond acceptors (Lipinski definition) is 5. The Balaban J connectivity index is 2.73. The van der Waals surface area contributed by atoms with Gasteiger partial charge in [0, 0.05) is 17.3 Å². The van der Waals surface area contributed by atoms with Crippen LogP contribution < -0.4 is 5.32 Å². The molecule has 98 valence electrons. The number of anilines is 1. The molecular formula is C12H15NO4S. The molecule has 0 aliphatic heterocycles. The number of esters is 1. The van der Waals surface area contributed by atoms with E-state index >= 15 is 0 Å². The summed E-state index contributed by atoms with van der Waals surface area (Å²) < 4.78 is 4.97. The van der Waals surface area contributed by atoms with Crippen LogP contribution in [0, 0.1) is 0 Å². The van der Waals surface area contributed by atoms with E-state index in [2.05, 4.69) is 5.32 Å². The highest BCUT2D eigenvalue weighted by Crippen LogP contribution is 2.13. The van der Waals surface area contributed by atoms with Gasteiger partial charge in [0.25, 0.3) is 0 Å². The molecule has 0 spiro atoms. The van der Waals surface area contributed by atoms with E-state index in [1.54, 1.807) is 18.4 Å². The molecule has 0 aliphatic carbocycles. The number of nitrogens with one attached hydrogen (secondary N) is 1. The Morgan fingerprint density at radius 2 is 2.33 bits per heavy atom.